The summed E-state index contributed by atoms with van der Waals surface area (Å²) in [5.74, 6) is -0.364. The van der Waals surface area contributed by atoms with Gasteiger partial charge < -0.3 is 11.1 Å². The van der Waals surface area contributed by atoms with Gasteiger partial charge in [0.25, 0.3) is 5.91 Å². The number of aromatic nitrogens is 3. The zero-order valence-corrected chi connectivity index (χ0v) is 11.4. The van der Waals surface area contributed by atoms with Gasteiger partial charge in [-0.25, -0.2) is 4.98 Å². The highest BCUT2D eigenvalue weighted by Crippen LogP contribution is 2.18. The monoisotopic (exact) mass is 279 g/mol. The number of nitrogens with one attached hydrogen (secondary N) is 1. The molecule has 7 heteroatoms. The summed E-state index contributed by atoms with van der Waals surface area (Å²) in [5.41, 5.74) is 7.52. The van der Waals surface area contributed by atoms with E-state index in [0.717, 1.165) is 0 Å². The highest BCUT2D eigenvalue weighted by atomic mass is 35.5. The van der Waals surface area contributed by atoms with Crippen LogP contribution in [0.4, 0.5) is 11.4 Å². The van der Waals surface area contributed by atoms with E-state index >= 15 is 0 Å². The molecule has 0 aliphatic heterocycles. The highest BCUT2D eigenvalue weighted by Gasteiger charge is 2.15. The predicted molar refractivity (Wildman–Crippen MR) is 74.3 cm³/mol. The summed E-state index contributed by atoms with van der Waals surface area (Å²) in [6.07, 6.45) is 1.63. The number of nitrogen functional groups attached to an aromatic ring is 1. The van der Waals surface area contributed by atoms with Crippen molar-refractivity contribution in [2.24, 2.45) is 0 Å². The molecule has 2 aromatic heterocycles. The topological polar surface area (TPSA) is 85.8 Å². The first-order valence-electron chi connectivity index (χ1n) is 5.78. The molecule has 0 aliphatic rings. The number of aryl methyl sites for hydroxylation is 2. The third kappa shape index (κ3) is 2.85. The van der Waals surface area contributed by atoms with E-state index in [1.165, 1.54) is 0 Å². The molecule has 0 fully saturated rings. The van der Waals surface area contributed by atoms with E-state index in [2.05, 4.69) is 15.4 Å². The van der Waals surface area contributed by atoms with Crippen molar-refractivity contribution >= 4 is 28.9 Å². The van der Waals surface area contributed by atoms with Gasteiger partial charge in [0.1, 0.15) is 5.15 Å². The lowest BCUT2D eigenvalue weighted by molar-refractivity contribution is 0.102. The molecule has 0 bridgehead atoms. The zero-order chi connectivity index (χ0) is 14.0. The molecule has 6 nitrogen and oxygen atoms in total. The molecule has 2 rings (SSSR count). The van der Waals surface area contributed by atoms with Crippen molar-refractivity contribution in [2.45, 2.75) is 20.4 Å². The zero-order valence-electron chi connectivity index (χ0n) is 10.6. The summed E-state index contributed by atoms with van der Waals surface area (Å²) < 4.78 is 1.61. The number of rotatable bonds is 3. The van der Waals surface area contributed by atoms with Crippen LogP contribution in [0.3, 0.4) is 0 Å². The molecule has 1 amide bonds. The lowest BCUT2D eigenvalue weighted by atomic mass is 10.3. The van der Waals surface area contributed by atoms with Crippen LogP contribution in [-0.2, 0) is 6.54 Å². The minimum atomic E-state index is -0.364. The van der Waals surface area contributed by atoms with E-state index in [-0.39, 0.29) is 11.6 Å². The molecule has 19 heavy (non-hydrogen) atoms. The fourth-order valence-corrected chi connectivity index (χ4v) is 1.81. The van der Waals surface area contributed by atoms with Gasteiger partial charge in [0, 0.05) is 12.7 Å². The Morgan fingerprint density at radius 2 is 2.26 bits per heavy atom. The first-order chi connectivity index (χ1) is 9.01. The van der Waals surface area contributed by atoms with Gasteiger partial charge in [-0.15, -0.1) is 0 Å². The first-order valence-corrected chi connectivity index (χ1v) is 6.16. The minimum Gasteiger partial charge on any atom is -0.396 e. The molecule has 3 N–H and O–H groups in total. The summed E-state index contributed by atoms with van der Waals surface area (Å²) in [6, 6.07) is 3.30. The average Bonchev–Trinajstić information content (AvgIpc) is 2.74. The molecule has 0 radical (unpaired) electrons. The molecule has 2 heterocycles. The number of amides is 1. The minimum absolute atomic E-state index is 0.205. The molecule has 0 aromatic carbocycles. The number of hydrogen-bond donors (Lipinski definition) is 2. The number of pyridine rings is 1. The summed E-state index contributed by atoms with van der Waals surface area (Å²) in [4.78, 5) is 16.1. The van der Waals surface area contributed by atoms with Crippen molar-refractivity contribution < 1.29 is 4.79 Å². The van der Waals surface area contributed by atoms with Gasteiger partial charge >= 0.3 is 0 Å². The maximum atomic E-state index is 12.1. The Labute approximate surface area is 115 Å². The van der Waals surface area contributed by atoms with Gasteiger partial charge in [-0.2, -0.15) is 5.10 Å². The predicted octanol–water partition coefficient (Wildman–Crippen LogP) is 2.09. The molecule has 2 aromatic rings. The average molecular weight is 280 g/mol. The van der Waals surface area contributed by atoms with E-state index < -0.39 is 0 Å². The Kier molecular flexibility index (Phi) is 3.71. The Morgan fingerprint density at radius 1 is 1.53 bits per heavy atom. The number of anilines is 2. The van der Waals surface area contributed by atoms with Crippen LogP contribution in [-0.4, -0.2) is 20.7 Å². The van der Waals surface area contributed by atoms with Gasteiger partial charge in [0.15, 0.2) is 5.69 Å². The summed E-state index contributed by atoms with van der Waals surface area (Å²) >= 11 is 5.76. The van der Waals surface area contributed by atoms with Crippen LogP contribution in [0.2, 0.25) is 5.15 Å². The van der Waals surface area contributed by atoms with Gasteiger partial charge in [0.05, 0.1) is 17.1 Å². The number of nitrogens with two attached hydrogens (primary N) is 1. The van der Waals surface area contributed by atoms with Crippen LogP contribution in [0.1, 0.15) is 23.1 Å². The molecule has 0 spiro atoms. The lowest BCUT2D eigenvalue weighted by Crippen LogP contribution is -2.15. The molecular formula is C12H14ClN5O. The number of nitrogens with zero attached hydrogens (tertiary/aromatic N) is 3. The Bertz CT molecular complexity index is 623. The molecule has 100 valence electrons. The molecule has 0 saturated heterocycles. The Balaban J connectivity index is 2.23. The van der Waals surface area contributed by atoms with Crippen LogP contribution in [0.15, 0.2) is 18.3 Å². The fraction of sp³-hybridized carbons (Fsp3) is 0.250. The number of hydrogen-bond acceptors (Lipinski definition) is 4. The van der Waals surface area contributed by atoms with Crippen molar-refractivity contribution in [1.82, 2.24) is 14.8 Å². The Hall–Kier alpha value is -2.08. The van der Waals surface area contributed by atoms with E-state index in [1.807, 2.05) is 6.92 Å². The first kappa shape index (κ1) is 13.4. The summed E-state index contributed by atoms with van der Waals surface area (Å²) in [7, 11) is 0. The quantitative estimate of drug-likeness (QED) is 0.843. The van der Waals surface area contributed by atoms with Gasteiger partial charge in [-0.1, -0.05) is 11.6 Å². The van der Waals surface area contributed by atoms with Crippen LogP contribution in [0, 0.1) is 6.92 Å². The van der Waals surface area contributed by atoms with E-state index in [9.17, 15) is 4.79 Å². The number of halogens is 1. The van der Waals surface area contributed by atoms with E-state index in [0.29, 0.717) is 28.8 Å². The Morgan fingerprint density at radius 3 is 2.84 bits per heavy atom. The van der Waals surface area contributed by atoms with Crippen LogP contribution in [0.5, 0.6) is 0 Å². The van der Waals surface area contributed by atoms with Crippen molar-refractivity contribution in [3.8, 4) is 0 Å². The number of carbonyl (C=O) groups excluding carboxylic acids is 1. The molecule has 0 aliphatic carbocycles. The fourth-order valence-electron chi connectivity index (χ4n) is 1.62. The summed E-state index contributed by atoms with van der Waals surface area (Å²) in [6.45, 7) is 4.33. The molecule has 0 atom stereocenters. The summed E-state index contributed by atoms with van der Waals surface area (Å²) in [5, 5.41) is 7.20. The smallest absolute Gasteiger partial charge is 0.278 e. The van der Waals surface area contributed by atoms with Crippen LogP contribution >= 0.6 is 11.6 Å². The molecular weight excluding hydrogens is 266 g/mol. The van der Waals surface area contributed by atoms with Crippen molar-refractivity contribution in [3.63, 3.8) is 0 Å². The van der Waals surface area contributed by atoms with Gasteiger partial charge in [0.2, 0.25) is 0 Å². The van der Waals surface area contributed by atoms with E-state index in [1.54, 1.807) is 29.9 Å². The van der Waals surface area contributed by atoms with Gasteiger partial charge in [-0.3, -0.25) is 9.48 Å². The highest BCUT2D eigenvalue weighted by molar-refractivity contribution is 6.29. The van der Waals surface area contributed by atoms with Crippen molar-refractivity contribution in [2.75, 3.05) is 11.1 Å². The normalized spacial score (nSPS) is 10.5. The van der Waals surface area contributed by atoms with E-state index in [4.69, 9.17) is 17.3 Å². The number of carbonyl (C=O) groups is 1. The second-order valence-electron chi connectivity index (χ2n) is 4.01. The van der Waals surface area contributed by atoms with Crippen molar-refractivity contribution in [3.05, 3.63) is 34.9 Å². The second-order valence-corrected chi connectivity index (χ2v) is 4.40. The van der Waals surface area contributed by atoms with Crippen molar-refractivity contribution in [1.29, 1.82) is 0 Å². The maximum absolute atomic E-state index is 12.1. The largest absolute Gasteiger partial charge is 0.396 e. The molecule has 0 unspecified atom stereocenters. The maximum Gasteiger partial charge on any atom is 0.278 e. The lowest BCUT2D eigenvalue weighted by Gasteiger charge is -2.06. The SMILES string of the molecule is CCn1cc(N)c(C(=O)Nc2ccc(Cl)nc2C)n1. The van der Waals surface area contributed by atoms with Crippen LogP contribution in [0.25, 0.3) is 0 Å². The third-order valence-corrected chi connectivity index (χ3v) is 2.84. The van der Waals surface area contributed by atoms with Crippen LogP contribution < -0.4 is 11.1 Å². The standard InChI is InChI=1S/C12H14ClN5O/c1-3-18-6-8(14)11(17-18)12(19)16-9-4-5-10(13)15-7(9)2/h4-6H,3,14H2,1-2H3,(H,16,19). The van der Waals surface area contributed by atoms with Gasteiger partial charge in [-0.05, 0) is 26.0 Å². The third-order valence-electron chi connectivity index (χ3n) is 2.63. The second kappa shape index (κ2) is 5.27. The molecule has 0 saturated carbocycles.